The highest BCUT2D eigenvalue weighted by atomic mass is 19.1. The molecule has 19 heavy (non-hydrogen) atoms. The van der Waals surface area contributed by atoms with E-state index in [0.717, 1.165) is 25.5 Å². The van der Waals surface area contributed by atoms with Crippen LogP contribution in [0.1, 0.15) is 38.4 Å². The summed E-state index contributed by atoms with van der Waals surface area (Å²) in [6.07, 6.45) is 1.59. The number of rotatable bonds is 4. The quantitative estimate of drug-likeness (QED) is 0.904. The third kappa shape index (κ3) is 3.74. The van der Waals surface area contributed by atoms with Crippen LogP contribution in [0.3, 0.4) is 0 Å². The molecule has 2 rings (SSSR count). The molecular weight excluding hydrogens is 248 g/mol. The van der Waals surface area contributed by atoms with E-state index in [-0.39, 0.29) is 17.8 Å². The first kappa shape index (κ1) is 14.4. The fraction of sp³-hybridized carbons (Fsp3) is 0.600. The first-order valence-electron chi connectivity index (χ1n) is 6.88. The van der Waals surface area contributed by atoms with Crippen molar-refractivity contribution in [3.05, 3.63) is 35.4 Å². The van der Waals surface area contributed by atoms with Crippen LogP contribution in [0.5, 0.6) is 0 Å². The van der Waals surface area contributed by atoms with Crippen molar-refractivity contribution in [2.24, 2.45) is 5.92 Å². The van der Waals surface area contributed by atoms with Gasteiger partial charge in [0.15, 0.2) is 0 Å². The van der Waals surface area contributed by atoms with Crippen molar-refractivity contribution in [1.82, 2.24) is 5.32 Å². The lowest BCUT2D eigenvalue weighted by Gasteiger charge is -2.33. The predicted octanol–water partition coefficient (Wildman–Crippen LogP) is 3.43. The molecule has 2 atom stereocenters. The van der Waals surface area contributed by atoms with Gasteiger partial charge in [0.05, 0.1) is 6.10 Å². The van der Waals surface area contributed by atoms with E-state index >= 15 is 0 Å². The zero-order chi connectivity index (χ0) is 13.8. The molecule has 1 aromatic carbocycles. The van der Waals surface area contributed by atoms with Gasteiger partial charge in [-0.05, 0) is 31.0 Å². The molecule has 1 N–H and O–H groups in total. The third-order valence-electron chi connectivity index (χ3n) is 3.50. The van der Waals surface area contributed by atoms with Gasteiger partial charge in [0.1, 0.15) is 11.6 Å². The summed E-state index contributed by atoms with van der Waals surface area (Å²) in [4.78, 5) is 0. The normalized spacial score (nSPS) is 23.8. The molecule has 1 fully saturated rings. The van der Waals surface area contributed by atoms with Gasteiger partial charge >= 0.3 is 0 Å². The Morgan fingerprint density at radius 1 is 1.37 bits per heavy atom. The van der Waals surface area contributed by atoms with Crippen molar-refractivity contribution in [3.63, 3.8) is 0 Å². The molecule has 0 spiro atoms. The Hall–Kier alpha value is -1.00. The van der Waals surface area contributed by atoms with E-state index in [4.69, 9.17) is 4.74 Å². The summed E-state index contributed by atoms with van der Waals surface area (Å²) in [5.74, 6) is -0.614. The largest absolute Gasteiger partial charge is 0.373 e. The summed E-state index contributed by atoms with van der Waals surface area (Å²) in [5.41, 5.74) is 0.343. The fourth-order valence-electron chi connectivity index (χ4n) is 2.52. The van der Waals surface area contributed by atoms with Crippen molar-refractivity contribution in [3.8, 4) is 0 Å². The molecule has 0 aromatic heterocycles. The zero-order valence-corrected chi connectivity index (χ0v) is 11.5. The maximum absolute atomic E-state index is 13.9. The molecule has 1 aromatic rings. The smallest absolute Gasteiger partial charge is 0.129 e. The van der Waals surface area contributed by atoms with Crippen LogP contribution in [-0.4, -0.2) is 19.2 Å². The van der Waals surface area contributed by atoms with Gasteiger partial charge in [-0.2, -0.15) is 0 Å². The van der Waals surface area contributed by atoms with Gasteiger partial charge < -0.3 is 10.1 Å². The lowest BCUT2D eigenvalue weighted by atomic mass is 9.89. The maximum Gasteiger partial charge on any atom is 0.129 e. The third-order valence-corrected chi connectivity index (χ3v) is 3.50. The fourth-order valence-corrected chi connectivity index (χ4v) is 2.52. The monoisotopic (exact) mass is 269 g/mol. The molecule has 106 valence electrons. The van der Waals surface area contributed by atoms with E-state index in [0.29, 0.717) is 18.2 Å². The van der Waals surface area contributed by atoms with Crippen LogP contribution in [-0.2, 0) is 4.74 Å². The Kier molecular flexibility index (Phi) is 4.88. The molecule has 0 saturated carbocycles. The van der Waals surface area contributed by atoms with Crippen molar-refractivity contribution < 1.29 is 13.5 Å². The highest BCUT2D eigenvalue weighted by molar-refractivity contribution is 5.22. The Morgan fingerprint density at radius 2 is 2.16 bits per heavy atom. The van der Waals surface area contributed by atoms with Gasteiger partial charge in [-0.1, -0.05) is 13.8 Å². The molecule has 2 nitrogen and oxygen atoms in total. The highest BCUT2D eigenvalue weighted by Gasteiger charge is 2.29. The average Bonchev–Trinajstić information content (AvgIpc) is 2.39. The second-order valence-corrected chi connectivity index (χ2v) is 5.42. The van der Waals surface area contributed by atoms with Crippen LogP contribution in [0.4, 0.5) is 8.78 Å². The van der Waals surface area contributed by atoms with E-state index in [2.05, 4.69) is 19.2 Å². The van der Waals surface area contributed by atoms with E-state index in [1.165, 1.54) is 12.1 Å². The van der Waals surface area contributed by atoms with Crippen molar-refractivity contribution in [2.45, 2.75) is 38.8 Å². The van der Waals surface area contributed by atoms with Crippen molar-refractivity contribution in [2.75, 3.05) is 13.2 Å². The molecule has 2 unspecified atom stereocenters. The second kappa shape index (κ2) is 6.44. The molecule has 0 radical (unpaired) electrons. The van der Waals surface area contributed by atoms with Gasteiger partial charge in [0.25, 0.3) is 0 Å². The van der Waals surface area contributed by atoms with Gasteiger partial charge in [-0.25, -0.2) is 8.78 Å². The summed E-state index contributed by atoms with van der Waals surface area (Å²) in [7, 11) is 0. The molecule has 1 aliphatic rings. The summed E-state index contributed by atoms with van der Waals surface area (Å²) in [6, 6.07) is 3.95. The number of nitrogens with one attached hydrogen (secondary N) is 1. The standard InChI is InChI=1S/C15H21F2NO/c1-10(2)18-9-11-4-3-7-19-15(11)13-8-12(16)5-6-14(13)17/h5-6,8,10-11,15,18H,3-4,7,9H2,1-2H3. The molecule has 0 bridgehead atoms. The summed E-state index contributed by atoms with van der Waals surface area (Å²) >= 11 is 0. The molecule has 0 amide bonds. The first-order chi connectivity index (χ1) is 9.08. The lowest BCUT2D eigenvalue weighted by Crippen LogP contribution is -2.35. The van der Waals surface area contributed by atoms with Gasteiger partial charge in [0.2, 0.25) is 0 Å². The minimum absolute atomic E-state index is 0.187. The van der Waals surface area contributed by atoms with Gasteiger partial charge in [0, 0.05) is 30.7 Å². The van der Waals surface area contributed by atoms with Crippen LogP contribution < -0.4 is 5.32 Å². The molecule has 1 heterocycles. The van der Waals surface area contributed by atoms with E-state index < -0.39 is 5.82 Å². The van der Waals surface area contributed by atoms with Crippen molar-refractivity contribution in [1.29, 1.82) is 0 Å². The van der Waals surface area contributed by atoms with Gasteiger partial charge in [-0.3, -0.25) is 0 Å². The van der Waals surface area contributed by atoms with E-state index in [1.807, 2.05) is 0 Å². The lowest BCUT2D eigenvalue weighted by molar-refractivity contribution is -0.0302. The summed E-state index contributed by atoms with van der Waals surface area (Å²) < 4.78 is 32.9. The van der Waals surface area contributed by atoms with Crippen LogP contribution in [0.25, 0.3) is 0 Å². The highest BCUT2D eigenvalue weighted by Crippen LogP contribution is 2.34. The van der Waals surface area contributed by atoms with Gasteiger partial charge in [-0.15, -0.1) is 0 Å². The van der Waals surface area contributed by atoms with Crippen LogP contribution in [0.15, 0.2) is 18.2 Å². The van der Waals surface area contributed by atoms with Crippen LogP contribution >= 0.6 is 0 Å². The van der Waals surface area contributed by atoms with E-state index in [9.17, 15) is 8.78 Å². The summed E-state index contributed by atoms with van der Waals surface area (Å²) in [6.45, 7) is 5.51. The molecule has 4 heteroatoms. The van der Waals surface area contributed by atoms with Crippen molar-refractivity contribution >= 4 is 0 Å². The molecule has 0 aliphatic carbocycles. The Bertz CT molecular complexity index is 423. The number of hydrogen-bond acceptors (Lipinski definition) is 2. The average molecular weight is 269 g/mol. The SMILES string of the molecule is CC(C)NCC1CCCOC1c1cc(F)ccc1F. The Morgan fingerprint density at radius 3 is 2.89 bits per heavy atom. The first-order valence-corrected chi connectivity index (χ1v) is 6.88. The number of halogens is 2. The van der Waals surface area contributed by atoms with Crippen LogP contribution in [0, 0.1) is 17.6 Å². The molecule has 1 aliphatic heterocycles. The number of benzene rings is 1. The second-order valence-electron chi connectivity index (χ2n) is 5.42. The molecular formula is C15H21F2NO. The predicted molar refractivity (Wildman–Crippen MR) is 70.9 cm³/mol. The number of hydrogen-bond donors (Lipinski definition) is 1. The Labute approximate surface area is 113 Å². The Balaban J connectivity index is 2.16. The summed E-state index contributed by atoms with van der Waals surface area (Å²) in [5, 5.41) is 3.35. The number of ether oxygens (including phenoxy) is 1. The van der Waals surface area contributed by atoms with E-state index in [1.54, 1.807) is 0 Å². The topological polar surface area (TPSA) is 21.3 Å². The van der Waals surface area contributed by atoms with Crippen LogP contribution in [0.2, 0.25) is 0 Å². The minimum Gasteiger partial charge on any atom is -0.373 e. The maximum atomic E-state index is 13.9. The minimum atomic E-state index is -0.416. The zero-order valence-electron chi connectivity index (χ0n) is 11.5. The molecule has 1 saturated heterocycles.